The van der Waals surface area contributed by atoms with E-state index in [-0.39, 0.29) is 0 Å². The van der Waals surface area contributed by atoms with Gasteiger partial charge in [0, 0.05) is 5.92 Å². The highest BCUT2D eigenvalue weighted by molar-refractivity contribution is 7.11. The number of hydrogen-bond donors (Lipinski definition) is 0. The van der Waals surface area contributed by atoms with E-state index in [9.17, 15) is 0 Å². The van der Waals surface area contributed by atoms with Crippen molar-refractivity contribution in [2.24, 2.45) is 11.8 Å². The van der Waals surface area contributed by atoms with Gasteiger partial charge in [-0.1, -0.05) is 37.0 Å². The summed E-state index contributed by atoms with van der Waals surface area (Å²) >= 11 is 7.52. The molecule has 94 valence electrons. The summed E-state index contributed by atoms with van der Waals surface area (Å²) in [5.41, 5.74) is 0. The molecule has 0 aliphatic heterocycles. The van der Waals surface area contributed by atoms with Crippen LogP contribution >= 0.6 is 22.9 Å². The molecular formula is C13H19ClN2S. The van der Waals surface area contributed by atoms with Crippen LogP contribution in [0.3, 0.4) is 0 Å². The highest BCUT2D eigenvalue weighted by Gasteiger charge is 2.33. The Morgan fingerprint density at radius 1 is 1.06 bits per heavy atom. The third kappa shape index (κ3) is 2.50. The smallest absolute Gasteiger partial charge is 0.132 e. The number of nitrogens with zero attached hydrogens (tertiary/aromatic N) is 2. The Balaban J connectivity index is 1.68. The largest absolute Gasteiger partial charge is 0.143 e. The van der Waals surface area contributed by atoms with Gasteiger partial charge in [-0.3, -0.25) is 0 Å². The molecule has 0 saturated heterocycles. The van der Waals surface area contributed by atoms with Crippen molar-refractivity contribution in [3.05, 3.63) is 10.0 Å². The lowest BCUT2D eigenvalue weighted by Crippen LogP contribution is -2.26. The first-order chi connectivity index (χ1) is 8.36. The molecule has 2 saturated carbocycles. The fourth-order valence-electron chi connectivity index (χ4n) is 3.58. The Bertz CT molecular complexity index is 379. The molecule has 1 aromatic heterocycles. The van der Waals surface area contributed by atoms with Crippen LogP contribution in [0.1, 0.15) is 60.9 Å². The van der Waals surface area contributed by atoms with E-state index in [1.165, 1.54) is 50.0 Å². The van der Waals surface area contributed by atoms with Crippen LogP contribution in [-0.2, 0) is 5.88 Å². The van der Waals surface area contributed by atoms with Crippen molar-refractivity contribution in [3.63, 3.8) is 0 Å². The average molecular weight is 271 g/mol. The second-order valence-corrected chi connectivity index (χ2v) is 6.84. The monoisotopic (exact) mass is 270 g/mol. The predicted molar refractivity (Wildman–Crippen MR) is 71.5 cm³/mol. The van der Waals surface area contributed by atoms with E-state index in [1.54, 1.807) is 11.3 Å². The normalized spacial score (nSPS) is 33.4. The first-order valence-electron chi connectivity index (χ1n) is 6.75. The van der Waals surface area contributed by atoms with Gasteiger partial charge in [-0.25, -0.2) is 0 Å². The summed E-state index contributed by atoms with van der Waals surface area (Å²) in [5.74, 6) is 3.16. The molecule has 1 aromatic rings. The fraction of sp³-hybridized carbons (Fsp3) is 0.846. The van der Waals surface area contributed by atoms with Crippen LogP contribution in [0, 0.1) is 11.8 Å². The van der Waals surface area contributed by atoms with Gasteiger partial charge >= 0.3 is 0 Å². The Kier molecular flexibility index (Phi) is 3.67. The van der Waals surface area contributed by atoms with Crippen molar-refractivity contribution in [1.29, 1.82) is 0 Å². The Morgan fingerprint density at radius 3 is 2.65 bits per heavy atom. The summed E-state index contributed by atoms with van der Waals surface area (Å²) in [6.07, 6.45) is 9.89. The molecule has 3 atom stereocenters. The van der Waals surface area contributed by atoms with Crippen LogP contribution in [0.15, 0.2) is 0 Å². The molecule has 2 aliphatic carbocycles. The lowest BCUT2D eigenvalue weighted by atomic mass is 9.68. The predicted octanol–water partition coefficient (Wildman–Crippen LogP) is 4.35. The van der Waals surface area contributed by atoms with E-state index >= 15 is 0 Å². The lowest BCUT2D eigenvalue weighted by Gasteiger charge is -2.38. The number of rotatable bonds is 2. The highest BCUT2D eigenvalue weighted by Crippen LogP contribution is 2.46. The van der Waals surface area contributed by atoms with Gasteiger partial charge in [0.15, 0.2) is 0 Å². The van der Waals surface area contributed by atoms with Crippen LogP contribution in [-0.4, -0.2) is 10.2 Å². The quantitative estimate of drug-likeness (QED) is 0.747. The third-order valence-corrected chi connectivity index (χ3v) is 5.98. The van der Waals surface area contributed by atoms with Crippen molar-refractivity contribution >= 4 is 22.9 Å². The fourth-order valence-corrected chi connectivity index (χ4v) is 4.64. The maximum Gasteiger partial charge on any atom is 0.132 e. The van der Waals surface area contributed by atoms with E-state index in [0.29, 0.717) is 11.8 Å². The highest BCUT2D eigenvalue weighted by atomic mass is 35.5. The SMILES string of the molecule is ClCc1nnc(C2CCC3CCCCC3C2)s1. The zero-order chi connectivity index (χ0) is 11.7. The average Bonchev–Trinajstić information content (AvgIpc) is 2.87. The molecular weight excluding hydrogens is 252 g/mol. The van der Waals surface area contributed by atoms with Crippen molar-refractivity contribution in [1.82, 2.24) is 10.2 Å². The molecule has 3 unspecified atom stereocenters. The molecule has 0 aromatic carbocycles. The van der Waals surface area contributed by atoms with Gasteiger partial charge in [-0.15, -0.1) is 21.8 Å². The summed E-state index contributed by atoms with van der Waals surface area (Å²) in [6.45, 7) is 0. The number of halogens is 1. The zero-order valence-corrected chi connectivity index (χ0v) is 11.6. The topological polar surface area (TPSA) is 25.8 Å². The molecule has 1 heterocycles. The van der Waals surface area contributed by atoms with Gasteiger partial charge in [-0.2, -0.15) is 0 Å². The summed E-state index contributed by atoms with van der Waals surface area (Å²) in [5, 5.41) is 10.7. The second kappa shape index (κ2) is 5.23. The third-order valence-electron chi connectivity index (χ3n) is 4.49. The molecule has 2 nitrogen and oxygen atoms in total. The molecule has 0 N–H and O–H groups in total. The van der Waals surface area contributed by atoms with Crippen molar-refractivity contribution in [2.75, 3.05) is 0 Å². The van der Waals surface area contributed by atoms with E-state index < -0.39 is 0 Å². The molecule has 17 heavy (non-hydrogen) atoms. The minimum absolute atomic E-state index is 0.510. The van der Waals surface area contributed by atoms with Crippen LogP contribution in [0.5, 0.6) is 0 Å². The zero-order valence-electron chi connectivity index (χ0n) is 10.1. The molecule has 0 radical (unpaired) electrons. The van der Waals surface area contributed by atoms with Crippen LogP contribution in [0.2, 0.25) is 0 Å². The Hall–Kier alpha value is -0.150. The maximum absolute atomic E-state index is 5.80. The summed E-state index contributed by atoms with van der Waals surface area (Å²) in [7, 11) is 0. The standard InChI is InChI=1S/C13H19ClN2S/c14-8-12-15-16-13(17-12)11-6-5-9-3-1-2-4-10(9)7-11/h9-11H,1-8H2. The summed E-state index contributed by atoms with van der Waals surface area (Å²) in [4.78, 5) is 0. The Morgan fingerprint density at radius 2 is 1.88 bits per heavy atom. The maximum atomic E-state index is 5.80. The Labute approximate surface area is 112 Å². The van der Waals surface area contributed by atoms with Crippen molar-refractivity contribution in [3.8, 4) is 0 Å². The minimum Gasteiger partial charge on any atom is -0.143 e. The van der Waals surface area contributed by atoms with Crippen LogP contribution < -0.4 is 0 Å². The molecule has 3 rings (SSSR count). The molecule has 0 amide bonds. The van der Waals surface area contributed by atoms with Crippen LogP contribution in [0.4, 0.5) is 0 Å². The van der Waals surface area contributed by atoms with Crippen molar-refractivity contribution in [2.45, 2.75) is 56.7 Å². The first-order valence-corrected chi connectivity index (χ1v) is 8.10. The number of hydrogen-bond acceptors (Lipinski definition) is 3. The van der Waals surface area contributed by atoms with Gasteiger partial charge in [0.1, 0.15) is 10.0 Å². The summed E-state index contributed by atoms with van der Waals surface area (Å²) < 4.78 is 0. The van der Waals surface area contributed by atoms with Gasteiger partial charge in [0.25, 0.3) is 0 Å². The molecule has 4 heteroatoms. The molecule has 0 spiro atoms. The van der Waals surface area contributed by atoms with E-state index in [4.69, 9.17) is 11.6 Å². The number of fused-ring (bicyclic) bond motifs is 1. The number of aromatic nitrogens is 2. The minimum atomic E-state index is 0.510. The molecule has 0 bridgehead atoms. The van der Waals surface area contributed by atoms with Crippen molar-refractivity contribution < 1.29 is 0 Å². The van der Waals surface area contributed by atoms with Crippen LogP contribution in [0.25, 0.3) is 0 Å². The van der Waals surface area contributed by atoms with E-state index in [1.807, 2.05) is 0 Å². The summed E-state index contributed by atoms with van der Waals surface area (Å²) in [6, 6.07) is 0. The second-order valence-electron chi connectivity index (χ2n) is 5.48. The number of alkyl halides is 1. The van der Waals surface area contributed by atoms with Gasteiger partial charge in [0.2, 0.25) is 0 Å². The van der Waals surface area contributed by atoms with Gasteiger partial charge < -0.3 is 0 Å². The lowest BCUT2D eigenvalue weighted by molar-refractivity contribution is 0.155. The van der Waals surface area contributed by atoms with Gasteiger partial charge in [-0.05, 0) is 31.1 Å². The van der Waals surface area contributed by atoms with Gasteiger partial charge in [0.05, 0.1) is 5.88 Å². The van der Waals surface area contributed by atoms with E-state index in [2.05, 4.69) is 10.2 Å². The first kappa shape index (κ1) is 11.9. The van der Waals surface area contributed by atoms with E-state index in [0.717, 1.165) is 16.8 Å². The molecule has 2 aliphatic rings. The molecule has 2 fully saturated rings.